The molecular weight excluding hydrogens is 470 g/mol. The van der Waals surface area contributed by atoms with Crippen LogP contribution in [0.25, 0.3) is 10.9 Å². The lowest BCUT2D eigenvalue weighted by molar-refractivity contribution is -0.116. The van der Waals surface area contributed by atoms with Gasteiger partial charge >= 0.3 is 5.69 Å². The first-order valence-corrected chi connectivity index (χ1v) is 11.4. The van der Waals surface area contributed by atoms with E-state index < -0.39 is 17.2 Å². The van der Waals surface area contributed by atoms with E-state index in [1.165, 1.54) is 45.1 Å². The second kappa shape index (κ2) is 10.7. The molecule has 2 heterocycles. The van der Waals surface area contributed by atoms with Gasteiger partial charge in [-0.05, 0) is 18.9 Å². The molecule has 11 nitrogen and oxygen atoms in total. The Morgan fingerprint density at radius 2 is 1.61 bits per heavy atom. The third kappa shape index (κ3) is 5.01. The van der Waals surface area contributed by atoms with Crippen molar-refractivity contribution in [2.45, 2.75) is 32.0 Å². The predicted octanol–water partition coefficient (Wildman–Crippen LogP) is 2.02. The van der Waals surface area contributed by atoms with Crippen molar-refractivity contribution in [3.8, 4) is 23.0 Å². The minimum absolute atomic E-state index is 0.0939. The third-order valence-corrected chi connectivity index (χ3v) is 6.08. The van der Waals surface area contributed by atoms with Crippen LogP contribution in [-0.4, -0.2) is 56.2 Å². The van der Waals surface area contributed by atoms with E-state index >= 15 is 0 Å². The second-order valence-electron chi connectivity index (χ2n) is 8.29. The minimum Gasteiger partial charge on any atom is -0.497 e. The molecule has 1 N–H and O–H groups in total. The Hall–Kier alpha value is -3.99. The van der Waals surface area contributed by atoms with Crippen LogP contribution < -0.4 is 35.5 Å². The molecule has 0 saturated carbocycles. The highest BCUT2D eigenvalue weighted by Crippen LogP contribution is 2.31. The van der Waals surface area contributed by atoms with Gasteiger partial charge in [-0.2, -0.15) is 0 Å². The number of rotatable bonds is 9. The maximum absolute atomic E-state index is 13.5. The lowest BCUT2D eigenvalue weighted by atomic mass is 10.2. The van der Waals surface area contributed by atoms with Crippen LogP contribution in [-0.2, 0) is 22.6 Å². The van der Waals surface area contributed by atoms with Crippen molar-refractivity contribution in [1.29, 1.82) is 0 Å². The van der Waals surface area contributed by atoms with E-state index in [0.29, 0.717) is 35.3 Å². The summed E-state index contributed by atoms with van der Waals surface area (Å²) in [7, 11) is 5.92. The van der Waals surface area contributed by atoms with Crippen molar-refractivity contribution in [2.75, 3.05) is 40.4 Å². The molecule has 3 aromatic rings. The zero-order chi connectivity index (χ0) is 25.8. The molecule has 1 aliphatic rings. The average molecular weight is 500 g/mol. The standard InChI is InChI=1S/C25H29N3O8/c1-32-17-8-15(9-18(10-17)33-2)26-23(29)14-27-20-12-22(35-4)21(34-3)11-19(20)24(30)28(25(27)31)13-16-6-5-7-36-16/h8-12,16H,5-7,13-14H2,1-4H3,(H,26,29)/t16-/m1/s1. The number of anilines is 1. The first kappa shape index (κ1) is 25.1. The van der Waals surface area contributed by atoms with Gasteiger partial charge < -0.3 is 29.0 Å². The molecule has 4 rings (SSSR count). The van der Waals surface area contributed by atoms with Gasteiger partial charge in [0.1, 0.15) is 18.0 Å². The summed E-state index contributed by atoms with van der Waals surface area (Å²) in [5.41, 5.74) is -0.417. The zero-order valence-electron chi connectivity index (χ0n) is 20.7. The number of hydrogen-bond donors (Lipinski definition) is 1. The highest BCUT2D eigenvalue weighted by molar-refractivity contribution is 5.92. The Labute approximate surface area is 207 Å². The van der Waals surface area contributed by atoms with Crippen LogP contribution in [0.2, 0.25) is 0 Å². The number of aromatic nitrogens is 2. The number of nitrogens with zero attached hydrogens (tertiary/aromatic N) is 2. The molecular formula is C25H29N3O8. The van der Waals surface area contributed by atoms with Crippen molar-refractivity contribution in [3.05, 3.63) is 51.2 Å². The molecule has 1 amide bonds. The van der Waals surface area contributed by atoms with Gasteiger partial charge in [0.05, 0.1) is 52.0 Å². The van der Waals surface area contributed by atoms with Crippen molar-refractivity contribution >= 4 is 22.5 Å². The number of nitrogens with one attached hydrogen (secondary N) is 1. The predicted molar refractivity (Wildman–Crippen MR) is 133 cm³/mol. The summed E-state index contributed by atoms with van der Waals surface area (Å²) in [5, 5.41) is 2.99. The van der Waals surface area contributed by atoms with Crippen LogP contribution >= 0.6 is 0 Å². The maximum atomic E-state index is 13.5. The maximum Gasteiger partial charge on any atom is 0.332 e. The fourth-order valence-electron chi connectivity index (χ4n) is 4.27. The Kier molecular flexibility index (Phi) is 7.49. The van der Waals surface area contributed by atoms with Crippen molar-refractivity contribution in [3.63, 3.8) is 0 Å². The number of amides is 1. The Morgan fingerprint density at radius 3 is 2.19 bits per heavy atom. The molecule has 2 aromatic carbocycles. The van der Waals surface area contributed by atoms with Crippen molar-refractivity contribution in [1.82, 2.24) is 9.13 Å². The quantitative estimate of drug-likeness (QED) is 0.475. The summed E-state index contributed by atoms with van der Waals surface area (Å²) in [6.45, 7) is 0.325. The summed E-state index contributed by atoms with van der Waals surface area (Å²) in [6, 6.07) is 7.98. The Balaban J connectivity index is 1.78. The number of fused-ring (bicyclic) bond motifs is 1. The van der Waals surface area contributed by atoms with Gasteiger partial charge in [0.25, 0.3) is 5.56 Å². The van der Waals surface area contributed by atoms with Crippen LogP contribution in [0.3, 0.4) is 0 Å². The molecule has 1 saturated heterocycles. The van der Waals surface area contributed by atoms with Gasteiger partial charge in [-0.1, -0.05) is 0 Å². The summed E-state index contributed by atoms with van der Waals surface area (Å²) in [6.07, 6.45) is 1.35. The van der Waals surface area contributed by atoms with Crippen LogP contribution in [0.5, 0.6) is 23.0 Å². The molecule has 0 bridgehead atoms. The molecule has 1 atom stereocenters. The smallest absolute Gasteiger partial charge is 0.332 e. The molecule has 1 aromatic heterocycles. The highest BCUT2D eigenvalue weighted by Gasteiger charge is 2.23. The number of carbonyl (C=O) groups excluding carboxylic acids is 1. The van der Waals surface area contributed by atoms with Crippen molar-refractivity contribution < 1.29 is 28.5 Å². The number of ether oxygens (including phenoxy) is 5. The molecule has 0 spiro atoms. The van der Waals surface area contributed by atoms with Gasteiger partial charge in [0.15, 0.2) is 11.5 Å². The monoisotopic (exact) mass is 499 g/mol. The Morgan fingerprint density at radius 1 is 0.944 bits per heavy atom. The number of methoxy groups -OCH3 is 4. The highest BCUT2D eigenvalue weighted by atomic mass is 16.5. The molecule has 1 aliphatic heterocycles. The van der Waals surface area contributed by atoms with E-state index in [1.54, 1.807) is 18.2 Å². The zero-order valence-corrected chi connectivity index (χ0v) is 20.7. The lowest BCUT2D eigenvalue weighted by Crippen LogP contribution is -2.43. The molecule has 11 heteroatoms. The van der Waals surface area contributed by atoms with Gasteiger partial charge in [0, 0.05) is 36.6 Å². The molecule has 0 unspecified atom stereocenters. The summed E-state index contributed by atoms with van der Waals surface area (Å²) in [4.78, 5) is 39.9. The topological polar surface area (TPSA) is 119 Å². The normalized spacial score (nSPS) is 15.1. The SMILES string of the molecule is COc1cc(NC(=O)Cn2c(=O)n(C[C@H]3CCCO3)c(=O)c3cc(OC)c(OC)cc32)cc(OC)c1. The van der Waals surface area contributed by atoms with Gasteiger partial charge in [-0.3, -0.25) is 18.7 Å². The number of benzene rings is 2. The van der Waals surface area contributed by atoms with Gasteiger partial charge in [0.2, 0.25) is 5.91 Å². The number of carbonyl (C=O) groups is 1. The van der Waals surface area contributed by atoms with Gasteiger partial charge in [-0.25, -0.2) is 4.79 Å². The van der Waals surface area contributed by atoms with E-state index in [1.807, 2.05) is 0 Å². The third-order valence-electron chi connectivity index (χ3n) is 6.08. The average Bonchev–Trinajstić information content (AvgIpc) is 3.41. The fourth-order valence-corrected chi connectivity index (χ4v) is 4.27. The molecule has 0 radical (unpaired) electrons. The van der Waals surface area contributed by atoms with E-state index in [2.05, 4.69) is 5.32 Å². The van der Waals surface area contributed by atoms with Crippen LogP contribution in [0, 0.1) is 0 Å². The molecule has 0 aliphatic carbocycles. The first-order chi connectivity index (χ1) is 17.4. The molecule has 1 fully saturated rings. The first-order valence-electron chi connectivity index (χ1n) is 11.4. The van der Waals surface area contributed by atoms with Crippen LogP contribution in [0.15, 0.2) is 39.9 Å². The fraction of sp³-hybridized carbons (Fsp3) is 0.400. The summed E-state index contributed by atoms with van der Waals surface area (Å²) < 4.78 is 29.2. The van der Waals surface area contributed by atoms with E-state index in [4.69, 9.17) is 23.7 Å². The van der Waals surface area contributed by atoms with E-state index in [-0.39, 0.29) is 30.1 Å². The van der Waals surface area contributed by atoms with E-state index in [9.17, 15) is 14.4 Å². The van der Waals surface area contributed by atoms with E-state index in [0.717, 1.165) is 17.4 Å². The summed E-state index contributed by atoms with van der Waals surface area (Å²) in [5.74, 6) is 1.17. The lowest BCUT2D eigenvalue weighted by Gasteiger charge is -2.18. The van der Waals surface area contributed by atoms with Crippen LogP contribution in [0.4, 0.5) is 5.69 Å². The number of hydrogen-bond acceptors (Lipinski definition) is 8. The van der Waals surface area contributed by atoms with Crippen LogP contribution in [0.1, 0.15) is 12.8 Å². The second-order valence-corrected chi connectivity index (χ2v) is 8.29. The summed E-state index contributed by atoms with van der Waals surface area (Å²) >= 11 is 0. The minimum atomic E-state index is -0.617. The Bertz CT molecular complexity index is 1370. The van der Waals surface area contributed by atoms with Gasteiger partial charge in [-0.15, -0.1) is 0 Å². The van der Waals surface area contributed by atoms with Crippen molar-refractivity contribution in [2.24, 2.45) is 0 Å². The molecule has 36 heavy (non-hydrogen) atoms. The largest absolute Gasteiger partial charge is 0.497 e. The molecule has 192 valence electrons.